The number of aromatic nitrogens is 5. The molecule has 1 atom stereocenters. The average molecular weight is 699 g/mol. The van der Waals surface area contributed by atoms with E-state index in [4.69, 9.17) is 15.2 Å². The van der Waals surface area contributed by atoms with Gasteiger partial charge in [0.05, 0.1) is 11.6 Å². The van der Waals surface area contributed by atoms with Gasteiger partial charge in [-0.1, -0.05) is 128 Å². The molecular formula is C48H38N6. The second-order valence-electron chi connectivity index (χ2n) is 13.3. The Bertz CT molecular complexity index is 2720. The van der Waals surface area contributed by atoms with Crippen LogP contribution >= 0.6 is 0 Å². The summed E-state index contributed by atoms with van der Waals surface area (Å²) in [4.78, 5) is 6.97. The zero-order valence-electron chi connectivity index (χ0n) is 30.0. The van der Waals surface area contributed by atoms with E-state index in [1.54, 1.807) is 0 Å². The Kier molecular flexibility index (Phi) is 8.61. The highest BCUT2D eigenvalue weighted by atomic mass is 15.3. The highest BCUT2D eigenvalue weighted by molar-refractivity contribution is 6.08. The van der Waals surface area contributed by atoms with Gasteiger partial charge in [-0.05, 0) is 68.0 Å². The molecule has 0 amide bonds. The third-order valence-corrected chi connectivity index (χ3v) is 10.1. The first-order valence-electron chi connectivity index (χ1n) is 18.3. The molecule has 0 spiro atoms. The van der Waals surface area contributed by atoms with E-state index in [-0.39, 0.29) is 6.04 Å². The molecule has 9 rings (SSSR count). The van der Waals surface area contributed by atoms with Gasteiger partial charge in [0, 0.05) is 67.3 Å². The van der Waals surface area contributed by atoms with Crippen molar-refractivity contribution in [2.75, 3.05) is 4.90 Å². The summed E-state index contributed by atoms with van der Waals surface area (Å²) in [7, 11) is 0. The smallest absolute Gasteiger partial charge is 0.171 e. The molecule has 0 fully saturated rings. The summed E-state index contributed by atoms with van der Waals surface area (Å²) in [6.07, 6.45) is 15.8. The Balaban J connectivity index is 1.08. The quantitative estimate of drug-likeness (QED) is 0.141. The topological polar surface area (TPSA) is 51.8 Å². The molecule has 1 unspecified atom stereocenters. The molecule has 6 nitrogen and oxygen atoms in total. The predicted molar refractivity (Wildman–Crippen MR) is 224 cm³/mol. The maximum Gasteiger partial charge on any atom is 0.171 e. The minimum absolute atomic E-state index is 0.182. The van der Waals surface area contributed by atoms with Crippen molar-refractivity contribution in [3.8, 4) is 22.8 Å². The summed E-state index contributed by atoms with van der Waals surface area (Å²) in [6.45, 7) is 6.67. The van der Waals surface area contributed by atoms with Crippen molar-refractivity contribution >= 4 is 44.1 Å². The number of benzene rings is 5. The molecule has 0 N–H and O–H groups in total. The molecule has 0 radical (unpaired) electrons. The van der Waals surface area contributed by atoms with E-state index in [0.717, 1.165) is 62.9 Å². The summed E-state index contributed by atoms with van der Waals surface area (Å²) in [6, 6.07) is 48.4. The molecular weight excluding hydrogens is 661 g/mol. The number of hydrogen-bond donors (Lipinski definition) is 0. The normalized spacial score (nSPS) is 14.6. The van der Waals surface area contributed by atoms with E-state index in [9.17, 15) is 0 Å². The van der Waals surface area contributed by atoms with Crippen LogP contribution in [-0.2, 0) is 0 Å². The number of anilines is 1. The third kappa shape index (κ3) is 5.84. The van der Waals surface area contributed by atoms with Gasteiger partial charge in [0.2, 0.25) is 0 Å². The van der Waals surface area contributed by atoms with Crippen molar-refractivity contribution in [1.82, 2.24) is 24.3 Å². The zero-order chi connectivity index (χ0) is 36.4. The van der Waals surface area contributed by atoms with Crippen molar-refractivity contribution < 1.29 is 0 Å². The standard InChI is InChI=1S/C48H38N6/c1-3-37(54-47(36-16-6-4-7-17-36)50-51-48(54)43-24-14-18-35-19-15-33-49-46(35)43)28-27-34(2)52(38-20-8-5-9-21-38)39-29-31-40(32-30-39)53-44-25-12-10-22-41(44)42-23-11-13-26-45(42)53/h3-31,33,40H,2,32H2,1H3/b28-27-,37-3+. The molecule has 8 aromatic rings. The van der Waals surface area contributed by atoms with E-state index in [2.05, 4.69) is 160 Å². The van der Waals surface area contributed by atoms with Crippen LogP contribution in [-0.4, -0.2) is 24.3 Å². The number of rotatable bonds is 9. The monoisotopic (exact) mass is 698 g/mol. The SMILES string of the molecule is C=C(/C=C\C(=C/C)n1c(-c2ccccc2)nnc1-c1cccc2cccnc12)N(C1=CCC(n2c3ccccc3c3ccccc32)C=C1)c1ccccc1. The summed E-state index contributed by atoms with van der Waals surface area (Å²) in [5.74, 6) is 1.46. The second-order valence-corrected chi connectivity index (χ2v) is 13.3. The number of nitrogens with zero attached hydrogens (tertiary/aromatic N) is 6. The Morgan fingerprint density at radius 2 is 1.39 bits per heavy atom. The van der Waals surface area contributed by atoms with Gasteiger partial charge in [-0.2, -0.15) is 0 Å². The first kappa shape index (κ1) is 32.8. The zero-order valence-corrected chi connectivity index (χ0v) is 30.0. The largest absolute Gasteiger partial charge is 0.333 e. The maximum absolute atomic E-state index is 4.78. The lowest BCUT2D eigenvalue weighted by Crippen LogP contribution is -2.21. The minimum atomic E-state index is 0.182. The van der Waals surface area contributed by atoms with Crippen molar-refractivity contribution in [3.05, 3.63) is 200 Å². The molecule has 6 heteroatoms. The Morgan fingerprint density at radius 1 is 0.722 bits per heavy atom. The van der Waals surface area contributed by atoms with E-state index in [1.165, 1.54) is 21.8 Å². The number of fused-ring (bicyclic) bond motifs is 4. The fourth-order valence-corrected chi connectivity index (χ4v) is 7.64. The Labute approximate surface area is 314 Å². The van der Waals surface area contributed by atoms with Crippen LogP contribution in [0.1, 0.15) is 19.4 Å². The second kappa shape index (κ2) is 14.2. The van der Waals surface area contributed by atoms with Crippen LogP contribution in [0.3, 0.4) is 0 Å². The predicted octanol–water partition coefficient (Wildman–Crippen LogP) is 11.8. The number of para-hydroxylation sites is 4. The first-order chi connectivity index (χ1) is 26.7. The number of hydrogen-bond acceptors (Lipinski definition) is 4. The lowest BCUT2D eigenvalue weighted by molar-refractivity contribution is 0.643. The lowest BCUT2D eigenvalue weighted by atomic mass is 10.0. The van der Waals surface area contributed by atoms with E-state index in [1.807, 2.05) is 49.5 Å². The Hall–Kier alpha value is -7.05. The van der Waals surface area contributed by atoms with Gasteiger partial charge in [-0.3, -0.25) is 9.55 Å². The molecule has 1 aliphatic rings. The number of pyridine rings is 1. The molecule has 0 saturated carbocycles. The molecule has 3 aromatic heterocycles. The summed E-state index contributed by atoms with van der Waals surface area (Å²) in [5.41, 5.74) is 9.11. The van der Waals surface area contributed by atoms with Gasteiger partial charge in [0.25, 0.3) is 0 Å². The van der Waals surface area contributed by atoms with Gasteiger partial charge in [0.15, 0.2) is 11.6 Å². The first-order valence-corrected chi connectivity index (χ1v) is 18.3. The lowest BCUT2D eigenvalue weighted by Gasteiger charge is -2.30. The van der Waals surface area contributed by atoms with E-state index < -0.39 is 0 Å². The fraction of sp³-hybridized carbons (Fsp3) is 0.0625. The van der Waals surface area contributed by atoms with Gasteiger partial charge in [-0.25, -0.2) is 0 Å². The summed E-state index contributed by atoms with van der Waals surface area (Å²) >= 11 is 0. The molecule has 5 aromatic carbocycles. The van der Waals surface area contributed by atoms with Crippen LogP contribution in [0.4, 0.5) is 5.69 Å². The highest BCUT2D eigenvalue weighted by Crippen LogP contribution is 2.37. The molecule has 3 heterocycles. The summed E-state index contributed by atoms with van der Waals surface area (Å²) in [5, 5.41) is 13.1. The third-order valence-electron chi connectivity index (χ3n) is 10.1. The van der Waals surface area contributed by atoms with Crippen molar-refractivity contribution in [2.24, 2.45) is 0 Å². The van der Waals surface area contributed by atoms with Crippen LogP contribution in [0.25, 0.3) is 61.2 Å². The van der Waals surface area contributed by atoms with Gasteiger partial charge < -0.3 is 9.47 Å². The van der Waals surface area contributed by atoms with Crippen molar-refractivity contribution in [2.45, 2.75) is 19.4 Å². The summed E-state index contributed by atoms with van der Waals surface area (Å²) < 4.78 is 4.59. The average Bonchev–Trinajstić information content (AvgIpc) is 3.82. The van der Waals surface area contributed by atoms with Crippen LogP contribution in [0.2, 0.25) is 0 Å². The van der Waals surface area contributed by atoms with Crippen LogP contribution < -0.4 is 4.90 Å². The van der Waals surface area contributed by atoms with E-state index >= 15 is 0 Å². The van der Waals surface area contributed by atoms with E-state index in [0.29, 0.717) is 0 Å². The van der Waals surface area contributed by atoms with Gasteiger partial charge in [-0.15, -0.1) is 10.2 Å². The Morgan fingerprint density at radius 3 is 2.09 bits per heavy atom. The maximum atomic E-state index is 4.78. The molecule has 0 aliphatic heterocycles. The fourth-order valence-electron chi connectivity index (χ4n) is 7.64. The van der Waals surface area contributed by atoms with Gasteiger partial charge >= 0.3 is 0 Å². The highest BCUT2D eigenvalue weighted by Gasteiger charge is 2.22. The van der Waals surface area contributed by atoms with Crippen LogP contribution in [0.15, 0.2) is 200 Å². The number of allylic oxidation sites excluding steroid dienone is 7. The van der Waals surface area contributed by atoms with Crippen LogP contribution in [0, 0.1) is 0 Å². The molecule has 1 aliphatic carbocycles. The molecule has 54 heavy (non-hydrogen) atoms. The molecule has 0 saturated heterocycles. The minimum Gasteiger partial charge on any atom is -0.333 e. The molecule has 0 bridgehead atoms. The van der Waals surface area contributed by atoms with Crippen LogP contribution in [0.5, 0.6) is 0 Å². The molecule has 260 valence electrons. The van der Waals surface area contributed by atoms with Crippen molar-refractivity contribution in [3.63, 3.8) is 0 Å². The van der Waals surface area contributed by atoms with Gasteiger partial charge in [0.1, 0.15) is 0 Å². The van der Waals surface area contributed by atoms with Crippen molar-refractivity contribution in [1.29, 1.82) is 0 Å².